The molecule has 0 aromatic heterocycles. The van der Waals surface area contributed by atoms with Crippen molar-refractivity contribution in [1.82, 2.24) is 5.32 Å². The van der Waals surface area contributed by atoms with E-state index in [-0.39, 0.29) is 29.2 Å². The molecule has 2 aliphatic heterocycles. The van der Waals surface area contributed by atoms with Crippen LogP contribution in [0, 0.1) is 5.92 Å². The fourth-order valence-corrected chi connectivity index (χ4v) is 2.44. The van der Waals surface area contributed by atoms with Crippen molar-refractivity contribution in [2.75, 3.05) is 0 Å². The predicted molar refractivity (Wildman–Crippen MR) is 62.1 cm³/mol. The minimum absolute atomic E-state index is 0.0504. The zero-order chi connectivity index (χ0) is 11.0. The molecule has 0 aliphatic carbocycles. The first kappa shape index (κ1) is 11.3. The maximum atomic E-state index is 11.8. The van der Waals surface area contributed by atoms with Crippen LogP contribution in [0.4, 0.5) is 0 Å². The molecule has 2 bridgehead atoms. The van der Waals surface area contributed by atoms with Crippen LogP contribution in [-0.2, 0) is 9.53 Å². The van der Waals surface area contributed by atoms with Gasteiger partial charge in [0.2, 0.25) is 5.91 Å². The molecular formula is C11H19NO2S. The van der Waals surface area contributed by atoms with E-state index in [1.165, 1.54) is 0 Å². The van der Waals surface area contributed by atoms with Crippen LogP contribution in [0.2, 0.25) is 0 Å². The summed E-state index contributed by atoms with van der Waals surface area (Å²) in [4.78, 5) is 11.8. The van der Waals surface area contributed by atoms with E-state index in [1.54, 1.807) is 0 Å². The topological polar surface area (TPSA) is 38.3 Å². The smallest absolute Gasteiger partial charge is 0.233 e. The van der Waals surface area contributed by atoms with Crippen LogP contribution >= 0.6 is 12.6 Å². The Morgan fingerprint density at radius 2 is 2.20 bits per heavy atom. The molecule has 0 saturated carbocycles. The van der Waals surface area contributed by atoms with Gasteiger partial charge >= 0.3 is 0 Å². The third-order valence-electron chi connectivity index (χ3n) is 3.33. The second-order valence-corrected chi connectivity index (χ2v) is 5.47. The summed E-state index contributed by atoms with van der Waals surface area (Å²) in [7, 11) is 0. The highest BCUT2D eigenvalue weighted by Gasteiger charge is 2.41. The van der Waals surface area contributed by atoms with Crippen LogP contribution in [0.1, 0.15) is 33.1 Å². The lowest BCUT2D eigenvalue weighted by atomic mass is 9.95. The van der Waals surface area contributed by atoms with Crippen LogP contribution in [0.5, 0.6) is 0 Å². The van der Waals surface area contributed by atoms with Gasteiger partial charge < -0.3 is 10.1 Å². The van der Waals surface area contributed by atoms with Gasteiger partial charge in [-0.15, -0.1) is 0 Å². The molecule has 4 heteroatoms. The fourth-order valence-electron chi connectivity index (χ4n) is 2.36. The number of ether oxygens (including phenoxy) is 1. The standard InChI is InChI=1S/C11H19NO2S/c1-6(2)10(15)11(13)12-8-5-7-3-4-9(8)14-7/h6-10,15H,3-5H2,1-2H3,(H,12,13). The van der Waals surface area contributed by atoms with Crippen molar-refractivity contribution >= 4 is 18.5 Å². The van der Waals surface area contributed by atoms with Crippen LogP contribution in [-0.4, -0.2) is 29.4 Å². The summed E-state index contributed by atoms with van der Waals surface area (Å²) in [6, 6.07) is 0.227. The Morgan fingerprint density at radius 3 is 2.67 bits per heavy atom. The Morgan fingerprint density at radius 1 is 1.47 bits per heavy atom. The highest BCUT2D eigenvalue weighted by Crippen LogP contribution is 2.34. The van der Waals surface area contributed by atoms with Crippen molar-refractivity contribution in [3.63, 3.8) is 0 Å². The largest absolute Gasteiger partial charge is 0.373 e. The first-order valence-electron chi connectivity index (χ1n) is 5.72. The number of amides is 1. The minimum Gasteiger partial charge on any atom is -0.373 e. The third kappa shape index (κ3) is 2.31. The second kappa shape index (κ2) is 4.34. The summed E-state index contributed by atoms with van der Waals surface area (Å²) in [6.07, 6.45) is 3.87. The highest BCUT2D eigenvalue weighted by molar-refractivity contribution is 7.81. The van der Waals surface area contributed by atoms with Gasteiger partial charge in [0.15, 0.2) is 0 Å². The summed E-state index contributed by atoms with van der Waals surface area (Å²) in [5, 5.41) is 2.85. The van der Waals surface area contributed by atoms with Gasteiger partial charge in [-0.3, -0.25) is 4.79 Å². The molecule has 2 rings (SSSR count). The lowest BCUT2D eigenvalue weighted by Crippen LogP contribution is -2.45. The van der Waals surface area contributed by atoms with E-state index in [2.05, 4.69) is 17.9 Å². The van der Waals surface area contributed by atoms with Crippen molar-refractivity contribution in [1.29, 1.82) is 0 Å². The molecule has 4 atom stereocenters. The Hall–Kier alpha value is -0.220. The van der Waals surface area contributed by atoms with Crippen molar-refractivity contribution in [2.24, 2.45) is 5.92 Å². The third-order valence-corrected chi connectivity index (χ3v) is 4.16. The fraction of sp³-hybridized carbons (Fsp3) is 0.909. The molecular weight excluding hydrogens is 210 g/mol. The van der Waals surface area contributed by atoms with E-state index < -0.39 is 0 Å². The quantitative estimate of drug-likeness (QED) is 0.718. The maximum absolute atomic E-state index is 11.8. The first-order chi connectivity index (χ1) is 7.08. The molecule has 2 aliphatic rings. The van der Waals surface area contributed by atoms with Crippen LogP contribution in [0.25, 0.3) is 0 Å². The molecule has 1 amide bonds. The summed E-state index contributed by atoms with van der Waals surface area (Å²) in [5.41, 5.74) is 0. The van der Waals surface area contributed by atoms with Crippen LogP contribution in [0.15, 0.2) is 0 Å². The minimum atomic E-state index is -0.205. The normalized spacial score (nSPS) is 35.9. The van der Waals surface area contributed by atoms with Gasteiger partial charge in [0, 0.05) is 0 Å². The van der Waals surface area contributed by atoms with Crippen molar-refractivity contribution in [3.05, 3.63) is 0 Å². The Bertz CT molecular complexity index is 257. The predicted octanol–water partition coefficient (Wildman–Crippen LogP) is 1.38. The molecule has 3 nitrogen and oxygen atoms in total. The molecule has 0 radical (unpaired) electrons. The van der Waals surface area contributed by atoms with Gasteiger partial charge in [0.25, 0.3) is 0 Å². The van der Waals surface area contributed by atoms with Crippen molar-refractivity contribution < 1.29 is 9.53 Å². The number of fused-ring (bicyclic) bond motifs is 2. The van der Waals surface area contributed by atoms with E-state index in [9.17, 15) is 4.79 Å². The maximum Gasteiger partial charge on any atom is 0.233 e. The summed E-state index contributed by atoms with van der Waals surface area (Å²) < 4.78 is 5.69. The zero-order valence-corrected chi connectivity index (χ0v) is 10.2. The van der Waals surface area contributed by atoms with Gasteiger partial charge in [-0.2, -0.15) is 12.6 Å². The molecule has 15 heavy (non-hydrogen) atoms. The lowest BCUT2D eigenvalue weighted by molar-refractivity contribution is -0.122. The van der Waals surface area contributed by atoms with Gasteiger partial charge in [-0.25, -0.2) is 0 Å². The number of carbonyl (C=O) groups excluding carboxylic acids is 1. The average molecular weight is 229 g/mol. The Labute approximate surface area is 96.4 Å². The molecule has 2 heterocycles. The number of nitrogens with one attached hydrogen (secondary N) is 1. The molecule has 2 fully saturated rings. The lowest BCUT2D eigenvalue weighted by Gasteiger charge is -2.23. The molecule has 0 spiro atoms. The molecule has 0 aromatic rings. The van der Waals surface area contributed by atoms with E-state index in [0.717, 1.165) is 19.3 Å². The zero-order valence-electron chi connectivity index (χ0n) is 9.27. The second-order valence-electron chi connectivity index (χ2n) is 4.91. The summed E-state index contributed by atoms with van der Waals surface area (Å²) >= 11 is 4.31. The van der Waals surface area contributed by atoms with E-state index in [0.29, 0.717) is 6.10 Å². The molecule has 86 valence electrons. The molecule has 0 aromatic carbocycles. The first-order valence-corrected chi connectivity index (χ1v) is 6.23. The molecule has 4 unspecified atom stereocenters. The van der Waals surface area contributed by atoms with Gasteiger partial charge in [0.1, 0.15) is 0 Å². The summed E-state index contributed by atoms with van der Waals surface area (Å²) in [6.45, 7) is 4.02. The van der Waals surface area contributed by atoms with E-state index in [1.807, 2.05) is 13.8 Å². The Kier molecular flexibility index (Phi) is 3.26. The van der Waals surface area contributed by atoms with Gasteiger partial charge in [-0.1, -0.05) is 13.8 Å². The van der Waals surface area contributed by atoms with E-state index in [4.69, 9.17) is 4.74 Å². The SMILES string of the molecule is CC(C)C(S)C(=O)NC1CC2CCC1O2. The summed E-state index contributed by atoms with van der Waals surface area (Å²) in [5.74, 6) is 0.322. The van der Waals surface area contributed by atoms with Crippen LogP contribution < -0.4 is 5.32 Å². The van der Waals surface area contributed by atoms with Crippen molar-refractivity contribution in [3.8, 4) is 0 Å². The number of hydrogen-bond acceptors (Lipinski definition) is 3. The van der Waals surface area contributed by atoms with Crippen LogP contribution in [0.3, 0.4) is 0 Å². The highest BCUT2D eigenvalue weighted by atomic mass is 32.1. The van der Waals surface area contributed by atoms with E-state index >= 15 is 0 Å². The average Bonchev–Trinajstić information content (AvgIpc) is 2.77. The monoisotopic (exact) mass is 229 g/mol. The molecule has 2 saturated heterocycles. The van der Waals surface area contributed by atoms with Gasteiger partial charge in [-0.05, 0) is 25.2 Å². The Balaban J connectivity index is 1.85. The van der Waals surface area contributed by atoms with Gasteiger partial charge in [0.05, 0.1) is 23.5 Å². The number of rotatable bonds is 3. The number of thiol groups is 1. The van der Waals surface area contributed by atoms with Crippen molar-refractivity contribution in [2.45, 2.75) is 56.6 Å². The number of carbonyl (C=O) groups is 1. The molecule has 1 N–H and O–H groups in total. The number of hydrogen-bond donors (Lipinski definition) is 2.